The number of fused-ring (bicyclic) bond motifs is 1. The molecule has 0 saturated heterocycles. The number of halogens is 2. The minimum Gasteiger partial charge on any atom is -0.230 e. The van der Waals surface area contributed by atoms with Gasteiger partial charge in [0.25, 0.3) is 0 Å². The first-order valence-electron chi connectivity index (χ1n) is 5.72. The van der Waals surface area contributed by atoms with Gasteiger partial charge in [0.15, 0.2) is 11.2 Å². The van der Waals surface area contributed by atoms with Gasteiger partial charge in [-0.3, -0.25) is 0 Å². The molecule has 2 heterocycles. The molecule has 0 bridgehead atoms. The summed E-state index contributed by atoms with van der Waals surface area (Å²) in [5.74, 6) is 0.722. The highest BCUT2D eigenvalue weighted by molar-refractivity contribution is 7.98. The van der Waals surface area contributed by atoms with Crippen molar-refractivity contribution < 1.29 is 0 Å². The fraction of sp³-hybridized carbons (Fsp3) is 0.167. The van der Waals surface area contributed by atoms with E-state index >= 15 is 0 Å². The summed E-state index contributed by atoms with van der Waals surface area (Å²) in [5.41, 5.74) is 2.50. The summed E-state index contributed by atoms with van der Waals surface area (Å²) in [7, 11) is 1.80. The van der Waals surface area contributed by atoms with Gasteiger partial charge in [-0.1, -0.05) is 46.2 Å². The van der Waals surface area contributed by atoms with E-state index in [-0.39, 0.29) is 0 Å². The topological polar surface area (TPSA) is 56.5 Å². The molecule has 0 amide bonds. The molecule has 0 spiro atoms. The molecule has 0 fully saturated rings. The van der Waals surface area contributed by atoms with Crippen molar-refractivity contribution in [3.63, 3.8) is 0 Å². The van der Waals surface area contributed by atoms with Crippen LogP contribution in [0.25, 0.3) is 11.2 Å². The van der Waals surface area contributed by atoms with Crippen LogP contribution in [0.4, 0.5) is 0 Å². The number of benzene rings is 1. The van der Waals surface area contributed by atoms with Crippen molar-refractivity contribution in [3.8, 4) is 0 Å². The van der Waals surface area contributed by atoms with Crippen LogP contribution in [0.5, 0.6) is 0 Å². The Morgan fingerprint density at radius 3 is 2.85 bits per heavy atom. The van der Waals surface area contributed by atoms with Gasteiger partial charge < -0.3 is 0 Å². The number of thioether (sulfide) groups is 1. The zero-order valence-corrected chi connectivity index (χ0v) is 12.7. The molecule has 20 heavy (non-hydrogen) atoms. The van der Waals surface area contributed by atoms with Gasteiger partial charge in [0.2, 0.25) is 0 Å². The third-order valence-corrected chi connectivity index (χ3v) is 4.50. The summed E-state index contributed by atoms with van der Waals surface area (Å²) in [6.07, 6.45) is 1.52. The Morgan fingerprint density at radius 2 is 2.05 bits per heavy atom. The SMILES string of the molecule is Cn1nnc2c(SCc3ccc(Cl)c(Cl)c3)ncnc21. The first kappa shape index (κ1) is 13.6. The molecule has 0 aliphatic rings. The summed E-state index contributed by atoms with van der Waals surface area (Å²) in [5, 5.41) is 9.94. The lowest BCUT2D eigenvalue weighted by atomic mass is 10.2. The molecular weight excluding hydrogens is 317 g/mol. The van der Waals surface area contributed by atoms with Crippen LogP contribution in [0, 0.1) is 0 Å². The molecule has 2 aromatic heterocycles. The van der Waals surface area contributed by atoms with E-state index in [4.69, 9.17) is 23.2 Å². The Morgan fingerprint density at radius 1 is 1.20 bits per heavy atom. The molecule has 0 atom stereocenters. The van der Waals surface area contributed by atoms with Crippen molar-refractivity contribution in [2.75, 3.05) is 0 Å². The first-order chi connectivity index (χ1) is 9.65. The van der Waals surface area contributed by atoms with Crippen LogP contribution in [0.1, 0.15) is 5.56 Å². The van der Waals surface area contributed by atoms with Crippen molar-refractivity contribution in [2.24, 2.45) is 7.05 Å². The van der Waals surface area contributed by atoms with Crippen LogP contribution >= 0.6 is 35.0 Å². The van der Waals surface area contributed by atoms with Gasteiger partial charge in [0, 0.05) is 12.8 Å². The first-order valence-corrected chi connectivity index (χ1v) is 7.46. The molecule has 0 N–H and O–H groups in total. The van der Waals surface area contributed by atoms with E-state index in [1.807, 2.05) is 12.1 Å². The second-order valence-electron chi connectivity index (χ2n) is 4.10. The molecule has 0 radical (unpaired) electrons. The lowest BCUT2D eigenvalue weighted by Crippen LogP contribution is -1.93. The molecule has 1 aromatic carbocycles. The second-order valence-corrected chi connectivity index (χ2v) is 5.88. The Hall–Kier alpha value is -1.37. The molecule has 0 unspecified atom stereocenters. The number of nitrogens with zero attached hydrogens (tertiary/aromatic N) is 5. The summed E-state index contributed by atoms with van der Waals surface area (Å²) < 4.78 is 1.63. The minimum absolute atomic E-state index is 0.553. The van der Waals surface area contributed by atoms with Gasteiger partial charge in [-0.05, 0) is 17.7 Å². The average Bonchev–Trinajstić information content (AvgIpc) is 2.83. The van der Waals surface area contributed by atoms with Crippen molar-refractivity contribution >= 4 is 46.1 Å². The molecule has 5 nitrogen and oxygen atoms in total. The number of aromatic nitrogens is 5. The van der Waals surface area contributed by atoms with Gasteiger partial charge >= 0.3 is 0 Å². The Balaban J connectivity index is 1.85. The lowest BCUT2D eigenvalue weighted by Gasteiger charge is -2.03. The van der Waals surface area contributed by atoms with Crippen LogP contribution in [-0.4, -0.2) is 25.0 Å². The highest BCUT2D eigenvalue weighted by Crippen LogP contribution is 2.28. The second kappa shape index (κ2) is 5.55. The van der Waals surface area contributed by atoms with Crippen molar-refractivity contribution in [2.45, 2.75) is 10.8 Å². The van der Waals surface area contributed by atoms with Gasteiger partial charge in [-0.25, -0.2) is 14.6 Å². The number of hydrogen-bond acceptors (Lipinski definition) is 5. The van der Waals surface area contributed by atoms with E-state index in [9.17, 15) is 0 Å². The van der Waals surface area contributed by atoms with Gasteiger partial charge in [-0.2, -0.15) is 0 Å². The minimum atomic E-state index is 0.553. The van der Waals surface area contributed by atoms with E-state index in [0.29, 0.717) is 15.6 Å². The third-order valence-electron chi connectivity index (χ3n) is 2.71. The Kier molecular flexibility index (Phi) is 3.78. The maximum atomic E-state index is 6.00. The van der Waals surface area contributed by atoms with Crippen LogP contribution in [0.15, 0.2) is 29.6 Å². The predicted molar refractivity (Wildman–Crippen MR) is 80.1 cm³/mol. The van der Waals surface area contributed by atoms with Crippen LogP contribution in [-0.2, 0) is 12.8 Å². The molecule has 0 aliphatic carbocycles. The van der Waals surface area contributed by atoms with Crippen molar-refractivity contribution in [1.82, 2.24) is 25.0 Å². The molecule has 102 valence electrons. The fourth-order valence-corrected chi connectivity index (χ4v) is 2.91. The van der Waals surface area contributed by atoms with E-state index in [1.165, 1.54) is 6.33 Å². The highest BCUT2D eigenvalue weighted by atomic mass is 35.5. The van der Waals surface area contributed by atoms with Crippen LogP contribution in [0.3, 0.4) is 0 Å². The maximum absolute atomic E-state index is 6.00. The van der Waals surface area contributed by atoms with Gasteiger partial charge in [0.05, 0.1) is 10.0 Å². The Bertz CT molecular complexity index is 774. The normalized spacial score (nSPS) is 11.2. The quantitative estimate of drug-likeness (QED) is 0.546. The van der Waals surface area contributed by atoms with Gasteiger partial charge in [0.1, 0.15) is 11.4 Å². The predicted octanol–water partition coefficient (Wildman–Crippen LogP) is 3.36. The zero-order valence-electron chi connectivity index (χ0n) is 10.4. The average molecular weight is 326 g/mol. The molecule has 3 aromatic rings. The van der Waals surface area contributed by atoms with Crippen molar-refractivity contribution in [3.05, 3.63) is 40.1 Å². The van der Waals surface area contributed by atoms with Crippen LogP contribution in [0.2, 0.25) is 10.0 Å². The Labute approximate surface area is 129 Å². The van der Waals surface area contributed by atoms with E-state index < -0.39 is 0 Å². The fourth-order valence-electron chi connectivity index (χ4n) is 1.72. The standard InChI is InChI=1S/C12H9Cl2N5S/c1-19-11-10(17-18-19)12(16-6-15-11)20-5-7-2-3-8(13)9(14)4-7/h2-4,6H,5H2,1H3. The number of rotatable bonds is 3. The smallest absolute Gasteiger partial charge is 0.182 e. The van der Waals surface area contributed by atoms with E-state index in [2.05, 4.69) is 20.3 Å². The highest BCUT2D eigenvalue weighted by Gasteiger charge is 2.10. The molecule has 0 saturated carbocycles. The van der Waals surface area contributed by atoms with Gasteiger partial charge in [-0.15, -0.1) is 5.10 Å². The molecule has 0 aliphatic heterocycles. The number of aryl methyl sites for hydroxylation is 1. The van der Waals surface area contributed by atoms with E-state index in [1.54, 1.807) is 29.6 Å². The summed E-state index contributed by atoms with van der Waals surface area (Å²) in [6.45, 7) is 0. The largest absolute Gasteiger partial charge is 0.230 e. The molecule has 8 heteroatoms. The lowest BCUT2D eigenvalue weighted by molar-refractivity contribution is 0.729. The monoisotopic (exact) mass is 325 g/mol. The maximum Gasteiger partial charge on any atom is 0.182 e. The molecular formula is C12H9Cl2N5S. The summed E-state index contributed by atoms with van der Waals surface area (Å²) in [4.78, 5) is 8.41. The zero-order chi connectivity index (χ0) is 14.1. The van der Waals surface area contributed by atoms with Crippen LogP contribution < -0.4 is 0 Å². The number of hydrogen-bond donors (Lipinski definition) is 0. The van der Waals surface area contributed by atoms with Crippen molar-refractivity contribution in [1.29, 1.82) is 0 Å². The summed E-state index contributed by atoms with van der Waals surface area (Å²) >= 11 is 13.5. The van der Waals surface area contributed by atoms with E-state index in [0.717, 1.165) is 22.0 Å². The third kappa shape index (κ3) is 2.59. The molecule has 3 rings (SSSR count). The summed E-state index contributed by atoms with van der Waals surface area (Å²) in [6, 6.07) is 5.58.